The Labute approximate surface area is 103 Å². The van der Waals surface area contributed by atoms with Crippen molar-refractivity contribution in [2.75, 3.05) is 0 Å². The highest BCUT2D eigenvalue weighted by atomic mass is 35.5. The average Bonchev–Trinajstić information content (AvgIpc) is 2.74. The van der Waals surface area contributed by atoms with Gasteiger partial charge in [0.15, 0.2) is 5.78 Å². The third-order valence-electron chi connectivity index (χ3n) is 2.13. The molecule has 16 heavy (non-hydrogen) atoms. The van der Waals surface area contributed by atoms with Crippen molar-refractivity contribution in [1.82, 2.24) is 9.55 Å². The molecule has 0 saturated carbocycles. The van der Waals surface area contributed by atoms with E-state index in [1.807, 2.05) is 0 Å². The van der Waals surface area contributed by atoms with Crippen molar-refractivity contribution < 1.29 is 4.79 Å². The number of imidazole rings is 1. The molecule has 2 rings (SSSR count). The zero-order valence-corrected chi connectivity index (χ0v) is 9.74. The van der Waals surface area contributed by atoms with Crippen LogP contribution >= 0.6 is 23.2 Å². The van der Waals surface area contributed by atoms with Gasteiger partial charge in [-0.25, -0.2) is 4.98 Å². The van der Waals surface area contributed by atoms with Crippen LogP contribution in [0.1, 0.15) is 10.4 Å². The lowest BCUT2D eigenvalue weighted by Gasteiger charge is -2.03. The summed E-state index contributed by atoms with van der Waals surface area (Å²) in [4.78, 5) is 15.7. The molecule has 0 N–H and O–H groups in total. The van der Waals surface area contributed by atoms with Crippen LogP contribution in [-0.2, 0) is 6.54 Å². The van der Waals surface area contributed by atoms with E-state index in [4.69, 9.17) is 23.2 Å². The van der Waals surface area contributed by atoms with Gasteiger partial charge in [-0.3, -0.25) is 4.79 Å². The molecular formula is C11H8Cl2N2O. The first-order valence-electron chi connectivity index (χ1n) is 4.61. The fraction of sp³-hybridized carbons (Fsp3) is 0.0909. The van der Waals surface area contributed by atoms with Crippen LogP contribution < -0.4 is 0 Å². The minimum Gasteiger partial charge on any atom is -0.330 e. The van der Waals surface area contributed by atoms with Crippen LogP contribution in [0, 0.1) is 0 Å². The summed E-state index contributed by atoms with van der Waals surface area (Å²) in [6.07, 6.45) is 4.95. The van der Waals surface area contributed by atoms with Crippen molar-refractivity contribution in [2.24, 2.45) is 0 Å². The molecule has 0 aliphatic heterocycles. The molecular weight excluding hydrogens is 247 g/mol. The molecule has 5 heteroatoms. The number of nitrogens with zero attached hydrogens (tertiary/aromatic N) is 2. The summed E-state index contributed by atoms with van der Waals surface area (Å²) in [5.74, 6) is -0.0310. The fourth-order valence-electron chi connectivity index (χ4n) is 1.31. The number of halogens is 2. The van der Waals surface area contributed by atoms with Crippen LogP contribution in [0.3, 0.4) is 0 Å². The SMILES string of the molecule is O=C(Cn1ccnc1)c1ccc(Cl)c(Cl)c1. The summed E-state index contributed by atoms with van der Waals surface area (Å²) in [6.45, 7) is 0.248. The highest BCUT2D eigenvalue weighted by Crippen LogP contribution is 2.22. The van der Waals surface area contributed by atoms with E-state index < -0.39 is 0 Å². The minimum atomic E-state index is -0.0310. The molecule has 0 amide bonds. The molecule has 0 radical (unpaired) electrons. The van der Waals surface area contributed by atoms with Crippen molar-refractivity contribution in [3.8, 4) is 0 Å². The van der Waals surface area contributed by atoms with Gasteiger partial charge in [0, 0.05) is 18.0 Å². The van der Waals surface area contributed by atoms with E-state index >= 15 is 0 Å². The second kappa shape index (κ2) is 4.68. The van der Waals surface area contributed by atoms with Gasteiger partial charge in [0.25, 0.3) is 0 Å². The normalized spacial score (nSPS) is 10.4. The Kier molecular flexibility index (Phi) is 3.27. The van der Waals surface area contributed by atoms with Gasteiger partial charge in [0.1, 0.15) is 0 Å². The Hall–Kier alpha value is -1.32. The van der Waals surface area contributed by atoms with E-state index in [9.17, 15) is 4.79 Å². The van der Waals surface area contributed by atoms with Gasteiger partial charge in [-0.15, -0.1) is 0 Å². The maximum atomic E-state index is 11.8. The van der Waals surface area contributed by atoms with Gasteiger partial charge in [-0.05, 0) is 18.2 Å². The Morgan fingerprint density at radius 2 is 2.12 bits per heavy atom. The lowest BCUT2D eigenvalue weighted by molar-refractivity contribution is 0.0972. The van der Waals surface area contributed by atoms with Crippen molar-refractivity contribution in [1.29, 1.82) is 0 Å². The first-order chi connectivity index (χ1) is 7.66. The second-order valence-corrected chi connectivity index (χ2v) is 4.10. The van der Waals surface area contributed by atoms with Crippen molar-refractivity contribution in [3.05, 3.63) is 52.5 Å². The molecule has 0 unspecified atom stereocenters. The summed E-state index contributed by atoms with van der Waals surface area (Å²) < 4.78 is 1.70. The standard InChI is InChI=1S/C11H8Cl2N2O/c12-9-2-1-8(5-10(9)13)11(16)6-15-4-3-14-7-15/h1-5,7H,6H2. The highest BCUT2D eigenvalue weighted by molar-refractivity contribution is 6.42. The van der Waals surface area contributed by atoms with Crippen LogP contribution in [0.4, 0.5) is 0 Å². The quantitative estimate of drug-likeness (QED) is 0.790. The Morgan fingerprint density at radius 1 is 1.31 bits per heavy atom. The van der Waals surface area contributed by atoms with E-state index in [-0.39, 0.29) is 12.3 Å². The van der Waals surface area contributed by atoms with Crippen molar-refractivity contribution >= 4 is 29.0 Å². The maximum absolute atomic E-state index is 11.8. The highest BCUT2D eigenvalue weighted by Gasteiger charge is 2.08. The van der Waals surface area contributed by atoms with Gasteiger partial charge in [-0.2, -0.15) is 0 Å². The summed E-state index contributed by atoms with van der Waals surface area (Å²) >= 11 is 11.6. The van der Waals surface area contributed by atoms with E-state index in [1.54, 1.807) is 41.5 Å². The summed E-state index contributed by atoms with van der Waals surface area (Å²) in [6, 6.07) is 4.85. The number of rotatable bonds is 3. The molecule has 1 aromatic carbocycles. The lowest BCUT2D eigenvalue weighted by atomic mass is 10.1. The number of ketones is 1. The van der Waals surface area contributed by atoms with E-state index in [2.05, 4.69) is 4.98 Å². The predicted octanol–water partition coefficient (Wildman–Crippen LogP) is 3.07. The molecule has 0 aliphatic rings. The Bertz CT molecular complexity index is 509. The van der Waals surface area contributed by atoms with Gasteiger partial charge >= 0.3 is 0 Å². The van der Waals surface area contributed by atoms with Gasteiger partial charge in [-0.1, -0.05) is 23.2 Å². The van der Waals surface area contributed by atoms with Crippen molar-refractivity contribution in [3.63, 3.8) is 0 Å². The molecule has 0 bridgehead atoms. The Morgan fingerprint density at radius 3 is 2.75 bits per heavy atom. The largest absolute Gasteiger partial charge is 0.330 e. The monoisotopic (exact) mass is 254 g/mol. The molecule has 2 aromatic rings. The van der Waals surface area contributed by atoms with E-state index in [0.717, 1.165) is 0 Å². The first-order valence-corrected chi connectivity index (χ1v) is 5.36. The van der Waals surface area contributed by atoms with Crippen LogP contribution in [0.25, 0.3) is 0 Å². The van der Waals surface area contributed by atoms with Crippen LogP contribution in [0.5, 0.6) is 0 Å². The third kappa shape index (κ3) is 2.43. The smallest absolute Gasteiger partial charge is 0.182 e. The molecule has 0 saturated heterocycles. The summed E-state index contributed by atoms with van der Waals surface area (Å²) in [5.41, 5.74) is 0.545. The second-order valence-electron chi connectivity index (χ2n) is 3.29. The van der Waals surface area contributed by atoms with Crippen LogP contribution in [0.15, 0.2) is 36.9 Å². The van der Waals surface area contributed by atoms with Gasteiger partial charge < -0.3 is 4.57 Å². The van der Waals surface area contributed by atoms with E-state index in [1.165, 1.54) is 0 Å². The first kappa shape index (κ1) is 11.2. The number of carbonyl (C=O) groups excluding carboxylic acids is 1. The lowest BCUT2D eigenvalue weighted by Crippen LogP contribution is -2.08. The number of benzene rings is 1. The number of Topliss-reactive ketones (excluding diaryl/α,β-unsaturated/α-hetero) is 1. The van der Waals surface area contributed by atoms with Gasteiger partial charge in [0.05, 0.1) is 22.9 Å². The van der Waals surface area contributed by atoms with Crippen LogP contribution in [0.2, 0.25) is 10.0 Å². The molecule has 0 atom stereocenters. The number of aromatic nitrogens is 2. The van der Waals surface area contributed by atoms with Crippen LogP contribution in [-0.4, -0.2) is 15.3 Å². The number of hydrogen-bond acceptors (Lipinski definition) is 2. The van der Waals surface area contributed by atoms with Crippen molar-refractivity contribution in [2.45, 2.75) is 6.54 Å². The molecule has 1 heterocycles. The predicted molar refractivity (Wildman–Crippen MR) is 63.0 cm³/mol. The molecule has 1 aromatic heterocycles. The minimum absolute atomic E-state index is 0.0310. The Balaban J connectivity index is 2.18. The van der Waals surface area contributed by atoms with E-state index in [0.29, 0.717) is 15.6 Å². The molecule has 0 aliphatic carbocycles. The topological polar surface area (TPSA) is 34.9 Å². The maximum Gasteiger partial charge on any atom is 0.182 e. The molecule has 82 valence electrons. The number of carbonyl (C=O) groups is 1. The molecule has 0 spiro atoms. The summed E-state index contributed by atoms with van der Waals surface area (Å²) in [7, 11) is 0. The third-order valence-corrected chi connectivity index (χ3v) is 2.87. The zero-order chi connectivity index (χ0) is 11.5. The average molecular weight is 255 g/mol. The number of hydrogen-bond donors (Lipinski definition) is 0. The zero-order valence-electron chi connectivity index (χ0n) is 8.23. The molecule has 3 nitrogen and oxygen atoms in total. The molecule has 0 fully saturated rings. The summed E-state index contributed by atoms with van der Waals surface area (Å²) in [5, 5.41) is 0.832. The fourth-order valence-corrected chi connectivity index (χ4v) is 1.61. The van der Waals surface area contributed by atoms with Gasteiger partial charge in [0.2, 0.25) is 0 Å².